The van der Waals surface area contributed by atoms with Gasteiger partial charge in [0.25, 0.3) is 0 Å². The quantitative estimate of drug-likeness (QED) is 0.793. The Balaban J connectivity index is 2.41. The molecule has 0 aliphatic heterocycles. The molecule has 0 heterocycles. The lowest BCUT2D eigenvalue weighted by Gasteiger charge is -2.03. The van der Waals surface area contributed by atoms with Gasteiger partial charge < -0.3 is 9.84 Å². The monoisotopic (exact) mass is 232 g/mol. The van der Waals surface area contributed by atoms with Gasteiger partial charge in [-0.1, -0.05) is 25.0 Å². The molecule has 1 aromatic rings. The largest absolute Gasteiger partial charge is 0.481 e. The SMILES string of the molecule is CCC#CCOc1ccc(CCC(=O)O)cc1. The predicted molar refractivity (Wildman–Crippen MR) is 66.0 cm³/mol. The number of carbonyl (C=O) groups is 1. The molecule has 17 heavy (non-hydrogen) atoms. The highest BCUT2D eigenvalue weighted by molar-refractivity contribution is 5.67. The highest BCUT2D eigenvalue weighted by Gasteiger charge is 1.99. The molecule has 0 bridgehead atoms. The number of benzene rings is 1. The molecule has 0 saturated carbocycles. The van der Waals surface area contributed by atoms with Crippen molar-refractivity contribution in [3.8, 4) is 17.6 Å². The molecule has 1 rings (SSSR count). The molecule has 90 valence electrons. The summed E-state index contributed by atoms with van der Waals surface area (Å²) in [6.45, 7) is 2.38. The number of hydrogen-bond acceptors (Lipinski definition) is 2. The van der Waals surface area contributed by atoms with Gasteiger partial charge in [-0.2, -0.15) is 0 Å². The Kier molecular flexibility index (Phi) is 5.67. The van der Waals surface area contributed by atoms with E-state index in [4.69, 9.17) is 9.84 Å². The van der Waals surface area contributed by atoms with E-state index in [0.29, 0.717) is 13.0 Å². The maximum absolute atomic E-state index is 10.4. The first kappa shape index (κ1) is 13.1. The van der Waals surface area contributed by atoms with E-state index in [2.05, 4.69) is 11.8 Å². The van der Waals surface area contributed by atoms with E-state index in [1.807, 2.05) is 31.2 Å². The van der Waals surface area contributed by atoms with E-state index >= 15 is 0 Å². The Morgan fingerprint density at radius 1 is 1.29 bits per heavy atom. The van der Waals surface area contributed by atoms with Crippen LogP contribution in [0.1, 0.15) is 25.3 Å². The van der Waals surface area contributed by atoms with Crippen LogP contribution >= 0.6 is 0 Å². The number of hydrogen-bond donors (Lipinski definition) is 1. The van der Waals surface area contributed by atoms with Gasteiger partial charge in [0.1, 0.15) is 12.4 Å². The van der Waals surface area contributed by atoms with Gasteiger partial charge in [0.05, 0.1) is 0 Å². The summed E-state index contributed by atoms with van der Waals surface area (Å²) in [5.74, 6) is 5.79. The van der Waals surface area contributed by atoms with Crippen LogP contribution in [-0.2, 0) is 11.2 Å². The van der Waals surface area contributed by atoms with Crippen LogP contribution in [0.2, 0.25) is 0 Å². The zero-order chi connectivity index (χ0) is 12.5. The van der Waals surface area contributed by atoms with Gasteiger partial charge in [-0.05, 0) is 24.1 Å². The molecule has 0 spiro atoms. The number of ether oxygens (including phenoxy) is 1. The lowest BCUT2D eigenvalue weighted by molar-refractivity contribution is -0.136. The normalized spacial score (nSPS) is 9.24. The topological polar surface area (TPSA) is 46.5 Å². The van der Waals surface area contributed by atoms with Crippen molar-refractivity contribution in [2.75, 3.05) is 6.61 Å². The van der Waals surface area contributed by atoms with Crippen LogP contribution in [0.25, 0.3) is 0 Å². The lowest BCUT2D eigenvalue weighted by atomic mass is 10.1. The first-order valence-electron chi connectivity index (χ1n) is 5.61. The maximum Gasteiger partial charge on any atom is 0.303 e. The summed E-state index contributed by atoms with van der Waals surface area (Å²) < 4.78 is 5.40. The number of carboxylic acids is 1. The smallest absolute Gasteiger partial charge is 0.303 e. The van der Waals surface area contributed by atoms with Crippen LogP contribution in [0, 0.1) is 11.8 Å². The van der Waals surface area contributed by atoms with Crippen LogP contribution < -0.4 is 4.74 Å². The third-order valence-corrected chi connectivity index (χ3v) is 2.16. The van der Waals surface area contributed by atoms with Gasteiger partial charge in [-0.15, -0.1) is 5.92 Å². The van der Waals surface area contributed by atoms with Crippen molar-refractivity contribution >= 4 is 5.97 Å². The molecule has 0 amide bonds. The van der Waals surface area contributed by atoms with Crippen molar-refractivity contribution < 1.29 is 14.6 Å². The first-order valence-corrected chi connectivity index (χ1v) is 5.61. The molecule has 0 saturated heterocycles. The van der Waals surface area contributed by atoms with Gasteiger partial charge in [-0.3, -0.25) is 4.79 Å². The van der Waals surface area contributed by atoms with Crippen molar-refractivity contribution in [2.24, 2.45) is 0 Å². The summed E-state index contributed by atoms with van der Waals surface area (Å²) >= 11 is 0. The van der Waals surface area contributed by atoms with E-state index in [9.17, 15) is 4.79 Å². The van der Waals surface area contributed by atoms with Gasteiger partial charge >= 0.3 is 5.97 Å². The van der Waals surface area contributed by atoms with Crippen molar-refractivity contribution in [3.63, 3.8) is 0 Å². The summed E-state index contributed by atoms with van der Waals surface area (Å²) in [4.78, 5) is 10.4. The molecule has 0 radical (unpaired) electrons. The summed E-state index contributed by atoms with van der Waals surface area (Å²) in [7, 11) is 0. The van der Waals surface area contributed by atoms with Crippen LogP contribution in [0.5, 0.6) is 5.75 Å². The van der Waals surface area contributed by atoms with Crippen molar-refractivity contribution in [2.45, 2.75) is 26.2 Å². The molecule has 0 atom stereocenters. The average molecular weight is 232 g/mol. The Bertz CT molecular complexity index is 409. The summed E-state index contributed by atoms with van der Waals surface area (Å²) in [6, 6.07) is 7.44. The molecule has 3 nitrogen and oxygen atoms in total. The second-order valence-corrected chi connectivity index (χ2v) is 3.53. The van der Waals surface area contributed by atoms with Crippen molar-refractivity contribution in [1.29, 1.82) is 0 Å². The predicted octanol–water partition coefficient (Wildman–Crippen LogP) is 2.50. The molecule has 0 unspecified atom stereocenters. The molecular formula is C14H16O3. The fourth-order valence-electron chi connectivity index (χ4n) is 1.30. The minimum Gasteiger partial charge on any atom is -0.481 e. The van der Waals surface area contributed by atoms with Crippen LogP contribution in [0.15, 0.2) is 24.3 Å². The third-order valence-electron chi connectivity index (χ3n) is 2.16. The lowest BCUT2D eigenvalue weighted by Crippen LogP contribution is -1.98. The summed E-state index contributed by atoms with van der Waals surface area (Å²) in [5.41, 5.74) is 0.999. The Morgan fingerprint density at radius 2 is 2.00 bits per heavy atom. The molecule has 0 aromatic heterocycles. The number of rotatable bonds is 5. The minimum absolute atomic E-state index is 0.155. The van der Waals surface area contributed by atoms with Crippen LogP contribution in [0.4, 0.5) is 0 Å². The van der Waals surface area contributed by atoms with Gasteiger partial charge in [0.2, 0.25) is 0 Å². The van der Waals surface area contributed by atoms with E-state index in [-0.39, 0.29) is 6.42 Å². The van der Waals surface area contributed by atoms with Crippen molar-refractivity contribution in [1.82, 2.24) is 0 Å². The van der Waals surface area contributed by atoms with E-state index in [0.717, 1.165) is 17.7 Å². The van der Waals surface area contributed by atoms with Gasteiger partial charge in [-0.25, -0.2) is 0 Å². The van der Waals surface area contributed by atoms with E-state index in [1.165, 1.54) is 0 Å². The molecule has 1 N–H and O–H groups in total. The van der Waals surface area contributed by atoms with Crippen LogP contribution in [0.3, 0.4) is 0 Å². The molecule has 1 aromatic carbocycles. The number of carboxylic acid groups (broad SMARTS) is 1. The van der Waals surface area contributed by atoms with Crippen LogP contribution in [-0.4, -0.2) is 17.7 Å². The zero-order valence-corrected chi connectivity index (χ0v) is 9.90. The second-order valence-electron chi connectivity index (χ2n) is 3.53. The maximum atomic E-state index is 10.4. The Morgan fingerprint density at radius 3 is 2.59 bits per heavy atom. The fourth-order valence-corrected chi connectivity index (χ4v) is 1.30. The highest BCUT2D eigenvalue weighted by atomic mass is 16.5. The zero-order valence-electron chi connectivity index (χ0n) is 9.90. The number of aliphatic carboxylic acids is 1. The fraction of sp³-hybridized carbons (Fsp3) is 0.357. The standard InChI is InChI=1S/C14H16O3/c1-2-3-4-11-17-13-8-5-12(6-9-13)7-10-14(15)16/h5-6,8-9H,2,7,10-11H2,1H3,(H,15,16). The Hall–Kier alpha value is -1.95. The first-order chi connectivity index (χ1) is 8.22. The molecule has 0 fully saturated rings. The summed E-state index contributed by atoms with van der Waals surface area (Å²) in [6.07, 6.45) is 1.53. The third kappa shape index (κ3) is 5.62. The van der Waals surface area contributed by atoms with Crippen molar-refractivity contribution in [3.05, 3.63) is 29.8 Å². The molecule has 0 aliphatic carbocycles. The van der Waals surface area contributed by atoms with Gasteiger partial charge in [0, 0.05) is 12.8 Å². The second kappa shape index (κ2) is 7.34. The molecular weight excluding hydrogens is 216 g/mol. The molecule has 0 aliphatic rings. The number of aryl methyl sites for hydroxylation is 1. The van der Waals surface area contributed by atoms with E-state index in [1.54, 1.807) is 0 Å². The Labute approximate surface area is 101 Å². The molecule has 3 heteroatoms. The van der Waals surface area contributed by atoms with Gasteiger partial charge in [0.15, 0.2) is 0 Å². The minimum atomic E-state index is -0.778. The highest BCUT2D eigenvalue weighted by Crippen LogP contribution is 2.13. The average Bonchev–Trinajstić information content (AvgIpc) is 2.33. The summed E-state index contributed by atoms with van der Waals surface area (Å²) in [5, 5.41) is 8.56. The van der Waals surface area contributed by atoms with E-state index < -0.39 is 5.97 Å².